The number of fused-ring (bicyclic) bond motifs is 1. The molecule has 0 fully saturated rings. The SMILES string of the molecule is COc1ccc2[nH]c(=O)c(CN(CCO)S(=O)(=O)c3ccccc3)cc2c1. The molecule has 27 heavy (non-hydrogen) atoms. The van der Waals surface area contributed by atoms with Crippen molar-refractivity contribution in [2.45, 2.75) is 11.4 Å². The third kappa shape index (κ3) is 4.02. The van der Waals surface area contributed by atoms with Crippen molar-refractivity contribution in [1.82, 2.24) is 9.29 Å². The van der Waals surface area contributed by atoms with Crippen LogP contribution in [0.15, 0.2) is 64.3 Å². The summed E-state index contributed by atoms with van der Waals surface area (Å²) in [7, 11) is -2.30. The Bertz CT molecular complexity index is 1090. The number of aliphatic hydroxyl groups is 1. The molecule has 0 atom stereocenters. The molecular weight excluding hydrogens is 368 g/mol. The molecule has 0 saturated heterocycles. The number of nitrogens with zero attached hydrogens (tertiary/aromatic N) is 1. The van der Waals surface area contributed by atoms with Gasteiger partial charge in [-0.05, 0) is 36.4 Å². The van der Waals surface area contributed by atoms with Crippen molar-refractivity contribution in [2.24, 2.45) is 0 Å². The summed E-state index contributed by atoms with van der Waals surface area (Å²) in [5, 5.41) is 10.1. The quantitative estimate of drug-likeness (QED) is 0.642. The van der Waals surface area contributed by atoms with Crippen molar-refractivity contribution in [3.8, 4) is 5.75 Å². The minimum atomic E-state index is -3.85. The van der Waals surface area contributed by atoms with E-state index >= 15 is 0 Å². The summed E-state index contributed by atoms with van der Waals surface area (Å²) in [6.45, 7) is -0.627. The van der Waals surface area contributed by atoms with Gasteiger partial charge in [-0.2, -0.15) is 4.31 Å². The predicted molar refractivity (Wildman–Crippen MR) is 102 cm³/mol. The van der Waals surface area contributed by atoms with Gasteiger partial charge >= 0.3 is 0 Å². The molecule has 0 aliphatic carbocycles. The van der Waals surface area contributed by atoms with E-state index in [1.165, 1.54) is 12.1 Å². The van der Waals surface area contributed by atoms with Gasteiger partial charge in [0.05, 0.1) is 18.6 Å². The van der Waals surface area contributed by atoms with Crippen LogP contribution in [0.3, 0.4) is 0 Å². The van der Waals surface area contributed by atoms with E-state index in [0.717, 1.165) is 9.69 Å². The monoisotopic (exact) mass is 388 g/mol. The minimum Gasteiger partial charge on any atom is -0.497 e. The number of aromatic amines is 1. The largest absolute Gasteiger partial charge is 0.497 e. The molecular formula is C19H20N2O5S. The van der Waals surface area contributed by atoms with E-state index in [0.29, 0.717) is 11.3 Å². The van der Waals surface area contributed by atoms with Crippen LogP contribution >= 0.6 is 0 Å². The second-order valence-corrected chi connectivity index (χ2v) is 7.89. The van der Waals surface area contributed by atoms with E-state index in [4.69, 9.17) is 4.74 Å². The van der Waals surface area contributed by atoms with Gasteiger partial charge in [0.1, 0.15) is 5.75 Å². The topological polar surface area (TPSA) is 99.7 Å². The van der Waals surface area contributed by atoms with Crippen LogP contribution in [0.5, 0.6) is 5.75 Å². The highest BCUT2D eigenvalue weighted by Crippen LogP contribution is 2.21. The van der Waals surface area contributed by atoms with Gasteiger partial charge in [-0.3, -0.25) is 4.79 Å². The van der Waals surface area contributed by atoms with E-state index in [9.17, 15) is 18.3 Å². The lowest BCUT2D eigenvalue weighted by Crippen LogP contribution is -2.35. The number of aromatic nitrogens is 1. The molecule has 142 valence electrons. The first-order valence-corrected chi connectivity index (χ1v) is 9.75. The Morgan fingerprint density at radius 1 is 1.11 bits per heavy atom. The van der Waals surface area contributed by atoms with Crippen molar-refractivity contribution < 1.29 is 18.3 Å². The van der Waals surface area contributed by atoms with Gasteiger partial charge in [-0.25, -0.2) is 8.42 Å². The Kier molecular flexibility index (Phi) is 5.59. The van der Waals surface area contributed by atoms with Crippen LogP contribution in [0.1, 0.15) is 5.56 Å². The third-order valence-electron chi connectivity index (χ3n) is 4.21. The first-order valence-electron chi connectivity index (χ1n) is 8.31. The fraction of sp³-hybridized carbons (Fsp3) is 0.211. The van der Waals surface area contributed by atoms with Crippen molar-refractivity contribution in [1.29, 1.82) is 0 Å². The number of pyridine rings is 1. The molecule has 8 heteroatoms. The lowest BCUT2D eigenvalue weighted by molar-refractivity contribution is 0.251. The number of methoxy groups -OCH3 is 1. The molecule has 0 unspecified atom stereocenters. The highest BCUT2D eigenvalue weighted by atomic mass is 32.2. The standard InChI is InChI=1S/C19H20N2O5S/c1-26-16-7-8-18-14(12-16)11-15(19(23)20-18)13-21(9-10-22)27(24,25)17-5-3-2-4-6-17/h2-8,11-12,22H,9-10,13H2,1H3,(H,20,23). The first-order chi connectivity index (χ1) is 13.0. The summed E-state index contributed by atoms with van der Waals surface area (Å²) in [5.41, 5.74) is 0.534. The summed E-state index contributed by atoms with van der Waals surface area (Å²) in [6.07, 6.45) is 0. The zero-order valence-corrected chi connectivity index (χ0v) is 15.6. The lowest BCUT2D eigenvalue weighted by Gasteiger charge is -2.21. The highest BCUT2D eigenvalue weighted by molar-refractivity contribution is 7.89. The van der Waals surface area contributed by atoms with Crippen molar-refractivity contribution >= 4 is 20.9 Å². The van der Waals surface area contributed by atoms with Crippen LogP contribution in [0.4, 0.5) is 0 Å². The molecule has 0 radical (unpaired) electrons. The lowest BCUT2D eigenvalue weighted by atomic mass is 10.1. The summed E-state index contributed by atoms with van der Waals surface area (Å²) >= 11 is 0. The zero-order valence-electron chi connectivity index (χ0n) is 14.8. The van der Waals surface area contributed by atoms with Gasteiger partial charge in [-0.1, -0.05) is 18.2 Å². The Labute approximate surface area is 156 Å². The maximum Gasteiger partial charge on any atom is 0.252 e. The van der Waals surface area contributed by atoms with E-state index in [-0.39, 0.29) is 35.7 Å². The fourth-order valence-corrected chi connectivity index (χ4v) is 4.23. The van der Waals surface area contributed by atoms with Crippen LogP contribution in [-0.2, 0) is 16.6 Å². The Hall–Kier alpha value is -2.68. The number of sulfonamides is 1. The average molecular weight is 388 g/mol. The molecule has 0 amide bonds. The number of hydrogen-bond acceptors (Lipinski definition) is 5. The Morgan fingerprint density at radius 2 is 1.85 bits per heavy atom. The number of benzene rings is 2. The van der Waals surface area contributed by atoms with Crippen LogP contribution in [0, 0.1) is 0 Å². The van der Waals surface area contributed by atoms with E-state index in [1.807, 2.05) is 0 Å². The highest BCUT2D eigenvalue weighted by Gasteiger charge is 2.25. The summed E-state index contributed by atoms with van der Waals surface area (Å²) < 4.78 is 32.1. The molecule has 1 heterocycles. The molecule has 2 aromatic carbocycles. The molecule has 3 rings (SSSR count). The number of aliphatic hydroxyl groups excluding tert-OH is 1. The number of ether oxygens (including phenoxy) is 1. The second-order valence-electron chi connectivity index (χ2n) is 5.95. The maximum absolute atomic E-state index is 12.9. The van der Waals surface area contributed by atoms with Gasteiger partial charge in [0.25, 0.3) is 5.56 Å². The third-order valence-corrected chi connectivity index (χ3v) is 6.06. The molecule has 0 aliphatic rings. The molecule has 2 N–H and O–H groups in total. The fourth-order valence-electron chi connectivity index (χ4n) is 2.80. The van der Waals surface area contributed by atoms with E-state index in [2.05, 4.69) is 4.98 Å². The first kappa shape index (κ1) is 19.1. The number of rotatable bonds is 7. The van der Waals surface area contributed by atoms with Crippen LogP contribution in [0.25, 0.3) is 10.9 Å². The molecule has 0 saturated carbocycles. The van der Waals surface area contributed by atoms with Gasteiger partial charge in [0.15, 0.2) is 0 Å². The second kappa shape index (κ2) is 7.91. The van der Waals surface area contributed by atoms with Gasteiger partial charge in [0.2, 0.25) is 10.0 Å². The van der Waals surface area contributed by atoms with Crippen molar-refractivity contribution in [2.75, 3.05) is 20.3 Å². The number of nitrogens with one attached hydrogen (secondary N) is 1. The van der Waals surface area contributed by atoms with Crippen LogP contribution < -0.4 is 10.3 Å². The molecule has 7 nitrogen and oxygen atoms in total. The molecule has 3 aromatic rings. The summed E-state index contributed by atoms with van der Waals surface area (Å²) in [4.78, 5) is 15.3. The minimum absolute atomic E-state index is 0.109. The Balaban J connectivity index is 2.02. The number of hydrogen-bond donors (Lipinski definition) is 2. The number of H-pyrrole nitrogens is 1. The van der Waals surface area contributed by atoms with E-state index in [1.54, 1.807) is 49.6 Å². The zero-order chi connectivity index (χ0) is 19.4. The normalized spacial score (nSPS) is 11.8. The summed E-state index contributed by atoms with van der Waals surface area (Å²) in [5.74, 6) is 0.629. The molecule has 0 bridgehead atoms. The molecule has 0 spiro atoms. The maximum atomic E-state index is 12.9. The van der Waals surface area contributed by atoms with Gasteiger partial charge < -0.3 is 14.8 Å². The van der Waals surface area contributed by atoms with Crippen molar-refractivity contribution in [3.63, 3.8) is 0 Å². The molecule has 0 aliphatic heterocycles. The smallest absolute Gasteiger partial charge is 0.252 e. The molecule has 1 aromatic heterocycles. The van der Waals surface area contributed by atoms with Gasteiger partial charge in [-0.15, -0.1) is 0 Å². The average Bonchev–Trinajstić information content (AvgIpc) is 2.68. The van der Waals surface area contributed by atoms with Crippen LogP contribution in [-0.4, -0.2) is 43.1 Å². The Morgan fingerprint density at radius 3 is 2.52 bits per heavy atom. The summed E-state index contributed by atoms with van der Waals surface area (Å²) in [6, 6.07) is 14.8. The van der Waals surface area contributed by atoms with Gasteiger partial charge in [0, 0.05) is 29.6 Å². The predicted octanol–water partition coefficient (Wildman–Crippen LogP) is 1.72. The van der Waals surface area contributed by atoms with Crippen molar-refractivity contribution in [3.05, 3.63) is 70.5 Å². The van der Waals surface area contributed by atoms with Crippen LogP contribution in [0.2, 0.25) is 0 Å². The van der Waals surface area contributed by atoms with E-state index < -0.39 is 10.0 Å².